The van der Waals surface area contributed by atoms with Crippen LogP contribution in [0.25, 0.3) is 0 Å². The fraction of sp³-hybridized carbons (Fsp3) is 0.611. The van der Waals surface area contributed by atoms with Gasteiger partial charge >= 0.3 is 6.09 Å². The molecule has 1 aliphatic heterocycles. The van der Waals surface area contributed by atoms with Crippen LogP contribution in [0.15, 0.2) is 24.3 Å². The molecule has 1 saturated heterocycles. The first kappa shape index (κ1) is 17.7. The Kier molecular flexibility index (Phi) is 5.30. The Hall–Kier alpha value is -1.62. The van der Waals surface area contributed by atoms with Crippen LogP contribution >= 0.6 is 0 Å². The summed E-state index contributed by atoms with van der Waals surface area (Å²) in [5.41, 5.74) is 0.456. The lowest BCUT2D eigenvalue weighted by molar-refractivity contribution is 0.0208. The van der Waals surface area contributed by atoms with Gasteiger partial charge in [0, 0.05) is 26.6 Å². The Balaban J connectivity index is 0.00000288. The first-order chi connectivity index (χ1) is 10.7. The van der Waals surface area contributed by atoms with Gasteiger partial charge in [0.1, 0.15) is 11.4 Å². The molecule has 0 spiro atoms. The Morgan fingerprint density at radius 2 is 2.13 bits per heavy atom. The fourth-order valence-corrected chi connectivity index (χ4v) is 2.91. The van der Waals surface area contributed by atoms with Gasteiger partial charge in [0.25, 0.3) is 0 Å². The molecule has 0 aromatic heterocycles. The van der Waals surface area contributed by atoms with Crippen molar-refractivity contribution in [1.29, 1.82) is 0 Å². The highest BCUT2D eigenvalue weighted by Gasteiger charge is 2.33. The molecule has 0 saturated carbocycles. The second-order valence-electron chi connectivity index (χ2n) is 7.29. The maximum absolute atomic E-state index is 13.4. The van der Waals surface area contributed by atoms with Crippen LogP contribution < -0.4 is 5.32 Å². The molecule has 0 radical (unpaired) electrons. The minimum atomic E-state index is -0.502. The summed E-state index contributed by atoms with van der Waals surface area (Å²) in [6.07, 6.45) is 1.55. The number of halogens is 1. The predicted octanol–water partition coefficient (Wildman–Crippen LogP) is 4.12. The maximum atomic E-state index is 13.4. The summed E-state index contributed by atoms with van der Waals surface area (Å²) < 4.78 is 18.8. The summed E-state index contributed by atoms with van der Waals surface area (Å²) in [5, 5.41) is 3.52. The Bertz CT molecular complexity index is 562. The van der Waals surface area contributed by atoms with Crippen LogP contribution in [0.2, 0.25) is 0 Å². The second kappa shape index (κ2) is 6.87. The summed E-state index contributed by atoms with van der Waals surface area (Å²) in [6, 6.07) is 6.99. The third-order valence-corrected chi connectivity index (χ3v) is 4.31. The molecular weight excluding hydrogens is 295 g/mol. The average molecular weight is 324 g/mol. The first-order valence-electron chi connectivity index (χ1n) is 8.14. The van der Waals surface area contributed by atoms with Crippen molar-refractivity contribution in [3.63, 3.8) is 0 Å². The SMILES string of the molecule is C[C@@H]([C@H]1CC[C@@H](c2cccc(F)c2)N1)N(C)C(=O)OC(C)(C)C.[HH]. The number of nitrogens with one attached hydrogen (secondary N) is 1. The smallest absolute Gasteiger partial charge is 0.410 e. The highest BCUT2D eigenvalue weighted by atomic mass is 19.1. The van der Waals surface area contributed by atoms with Crippen molar-refractivity contribution in [2.24, 2.45) is 0 Å². The van der Waals surface area contributed by atoms with E-state index >= 15 is 0 Å². The number of benzene rings is 1. The van der Waals surface area contributed by atoms with Crippen molar-refractivity contribution >= 4 is 6.09 Å². The van der Waals surface area contributed by atoms with Crippen molar-refractivity contribution in [3.8, 4) is 0 Å². The van der Waals surface area contributed by atoms with Crippen LogP contribution in [-0.4, -0.2) is 35.7 Å². The van der Waals surface area contributed by atoms with E-state index in [-0.39, 0.29) is 31.5 Å². The molecule has 0 bridgehead atoms. The van der Waals surface area contributed by atoms with Crippen LogP contribution in [0.1, 0.15) is 53.6 Å². The van der Waals surface area contributed by atoms with Crippen molar-refractivity contribution in [2.75, 3.05) is 7.05 Å². The van der Waals surface area contributed by atoms with Gasteiger partial charge in [-0.2, -0.15) is 0 Å². The number of hydrogen-bond donors (Lipinski definition) is 1. The van der Waals surface area contributed by atoms with E-state index in [4.69, 9.17) is 4.74 Å². The fourth-order valence-electron chi connectivity index (χ4n) is 2.91. The number of nitrogens with zero attached hydrogens (tertiary/aromatic N) is 1. The van der Waals surface area contributed by atoms with Gasteiger partial charge in [-0.1, -0.05) is 12.1 Å². The van der Waals surface area contributed by atoms with Gasteiger partial charge in [-0.3, -0.25) is 0 Å². The molecule has 1 heterocycles. The third-order valence-electron chi connectivity index (χ3n) is 4.31. The standard InChI is InChI=1S/C18H27FN2O2.H2/c1-12(21(5)17(22)23-18(2,3)4)15-9-10-16(20-15)13-7-6-8-14(19)11-13;/h6-8,11-12,15-16,20H,9-10H2,1-5H3;1H/t12-,15+,16-;/m0./s1. The molecule has 3 atom stereocenters. The zero-order valence-electron chi connectivity index (χ0n) is 14.6. The van der Waals surface area contributed by atoms with Crippen molar-refractivity contribution < 1.29 is 15.3 Å². The number of ether oxygens (including phenoxy) is 1. The summed E-state index contributed by atoms with van der Waals surface area (Å²) in [6.45, 7) is 7.58. The molecule has 1 aromatic carbocycles. The molecule has 130 valence electrons. The van der Waals surface area contributed by atoms with Crippen LogP contribution in [0.5, 0.6) is 0 Å². The summed E-state index contributed by atoms with van der Waals surface area (Å²) in [7, 11) is 1.76. The van der Waals surface area contributed by atoms with Gasteiger partial charge in [0.15, 0.2) is 0 Å². The van der Waals surface area contributed by atoms with Gasteiger partial charge < -0.3 is 15.0 Å². The highest BCUT2D eigenvalue weighted by Crippen LogP contribution is 2.29. The van der Waals surface area contributed by atoms with Crippen LogP contribution in [0.4, 0.5) is 9.18 Å². The quantitative estimate of drug-likeness (QED) is 0.909. The molecule has 23 heavy (non-hydrogen) atoms. The Labute approximate surface area is 139 Å². The average Bonchev–Trinajstić information content (AvgIpc) is 2.93. The summed E-state index contributed by atoms with van der Waals surface area (Å²) >= 11 is 0. The number of carbonyl (C=O) groups excluding carboxylic acids is 1. The van der Waals surface area contributed by atoms with Gasteiger partial charge in [-0.15, -0.1) is 0 Å². The normalized spacial score (nSPS) is 22.7. The zero-order valence-corrected chi connectivity index (χ0v) is 14.6. The van der Waals surface area contributed by atoms with Gasteiger partial charge in [0.05, 0.1) is 0 Å². The lowest BCUT2D eigenvalue weighted by Gasteiger charge is -2.32. The van der Waals surface area contributed by atoms with Gasteiger partial charge in [-0.05, 0) is 58.2 Å². The van der Waals surface area contributed by atoms with Crippen LogP contribution in [0, 0.1) is 5.82 Å². The van der Waals surface area contributed by atoms with E-state index in [1.807, 2.05) is 33.8 Å². The summed E-state index contributed by atoms with van der Waals surface area (Å²) in [5.74, 6) is -0.216. The van der Waals surface area contributed by atoms with Crippen molar-refractivity contribution in [3.05, 3.63) is 35.6 Å². The van der Waals surface area contributed by atoms with E-state index < -0.39 is 5.60 Å². The van der Waals surface area contributed by atoms with Crippen LogP contribution in [0.3, 0.4) is 0 Å². The number of hydrogen-bond acceptors (Lipinski definition) is 3. The molecule has 1 fully saturated rings. The number of rotatable bonds is 3. The van der Waals surface area contributed by atoms with E-state index in [9.17, 15) is 9.18 Å². The number of likely N-dealkylation sites (N-methyl/N-ethyl adjacent to an activating group) is 1. The Morgan fingerprint density at radius 3 is 2.74 bits per heavy atom. The molecule has 1 N–H and O–H groups in total. The highest BCUT2D eigenvalue weighted by molar-refractivity contribution is 5.68. The minimum Gasteiger partial charge on any atom is -0.444 e. The molecule has 1 amide bonds. The zero-order chi connectivity index (χ0) is 17.2. The predicted molar refractivity (Wildman–Crippen MR) is 90.9 cm³/mol. The molecule has 1 aliphatic rings. The van der Waals surface area contributed by atoms with Crippen molar-refractivity contribution in [2.45, 2.75) is 64.3 Å². The minimum absolute atomic E-state index is 0. The van der Waals surface area contributed by atoms with E-state index in [1.54, 1.807) is 24.1 Å². The van der Waals surface area contributed by atoms with Crippen molar-refractivity contribution in [1.82, 2.24) is 10.2 Å². The first-order valence-corrected chi connectivity index (χ1v) is 8.14. The number of amides is 1. The molecular formula is C18H29FN2O2. The molecule has 2 rings (SSSR count). The topological polar surface area (TPSA) is 41.6 Å². The third kappa shape index (κ3) is 4.67. The molecule has 0 unspecified atom stereocenters. The van der Waals surface area contributed by atoms with Crippen LogP contribution in [-0.2, 0) is 4.74 Å². The van der Waals surface area contributed by atoms with E-state index in [0.29, 0.717) is 0 Å². The van der Waals surface area contributed by atoms with E-state index in [1.165, 1.54) is 6.07 Å². The molecule has 4 nitrogen and oxygen atoms in total. The second-order valence-corrected chi connectivity index (χ2v) is 7.29. The largest absolute Gasteiger partial charge is 0.444 e. The lowest BCUT2D eigenvalue weighted by Crippen LogP contribution is -2.48. The summed E-state index contributed by atoms with van der Waals surface area (Å²) in [4.78, 5) is 13.8. The van der Waals surface area contributed by atoms with E-state index in [0.717, 1.165) is 18.4 Å². The van der Waals surface area contributed by atoms with Gasteiger partial charge in [0.2, 0.25) is 0 Å². The maximum Gasteiger partial charge on any atom is 0.410 e. The number of carbonyl (C=O) groups is 1. The molecule has 0 aliphatic carbocycles. The monoisotopic (exact) mass is 324 g/mol. The molecule has 1 aromatic rings. The van der Waals surface area contributed by atoms with Gasteiger partial charge in [-0.25, -0.2) is 9.18 Å². The Morgan fingerprint density at radius 1 is 1.43 bits per heavy atom. The van der Waals surface area contributed by atoms with E-state index in [2.05, 4.69) is 5.32 Å². The lowest BCUT2D eigenvalue weighted by atomic mass is 10.0. The molecule has 5 heteroatoms.